The van der Waals surface area contributed by atoms with Crippen molar-refractivity contribution in [1.82, 2.24) is 0 Å². The van der Waals surface area contributed by atoms with Gasteiger partial charge in [0.1, 0.15) is 42.7 Å². The lowest BCUT2D eigenvalue weighted by atomic mass is 9.85. The SMILES string of the molecule is CC/C=C\C/C=C\C/C=C\C/C=C\C/C=C\C/C=C\CCCCCOCC(COP(=O)(O)OC1C(O)C(O)C(O)C(O)C1O)OC(=O)CCCCCCC/C=C\CCCCCC. The second-order valence-corrected chi connectivity index (χ2v) is 17.3. The molecule has 0 aliphatic heterocycles. The predicted molar refractivity (Wildman–Crippen MR) is 248 cm³/mol. The maximum atomic E-state index is 12.8. The number of phosphoric ester groups is 1. The molecule has 0 heterocycles. The van der Waals surface area contributed by atoms with Gasteiger partial charge in [0.25, 0.3) is 0 Å². The van der Waals surface area contributed by atoms with Crippen LogP contribution in [0.3, 0.4) is 0 Å². The molecule has 356 valence electrons. The minimum absolute atomic E-state index is 0.108. The Balaban J connectivity index is 2.42. The lowest BCUT2D eigenvalue weighted by Gasteiger charge is -2.41. The predicted octanol–water partition coefficient (Wildman–Crippen LogP) is 9.75. The zero-order chi connectivity index (χ0) is 45.5. The second-order valence-electron chi connectivity index (χ2n) is 15.9. The summed E-state index contributed by atoms with van der Waals surface area (Å²) in [5.74, 6) is -0.503. The highest BCUT2D eigenvalue weighted by Gasteiger charge is 2.51. The number of rotatable bonds is 38. The molecule has 0 bridgehead atoms. The number of unbranched alkanes of at least 4 members (excludes halogenated alkanes) is 12. The van der Waals surface area contributed by atoms with Crippen LogP contribution in [0.15, 0.2) is 85.1 Å². The first-order valence-electron chi connectivity index (χ1n) is 23.4. The molecule has 1 rings (SSSR count). The molecule has 6 atom stereocenters. The third-order valence-corrected chi connectivity index (χ3v) is 11.2. The first-order chi connectivity index (χ1) is 30.0. The van der Waals surface area contributed by atoms with Gasteiger partial charge in [-0.3, -0.25) is 13.8 Å². The van der Waals surface area contributed by atoms with Gasteiger partial charge in [-0.05, 0) is 89.9 Å². The Bertz CT molecular complexity index is 1340. The molecule has 1 fully saturated rings. The van der Waals surface area contributed by atoms with Crippen molar-refractivity contribution in [2.24, 2.45) is 0 Å². The third kappa shape index (κ3) is 30.6. The molecule has 0 aromatic rings. The summed E-state index contributed by atoms with van der Waals surface area (Å²) in [5.41, 5.74) is 0. The summed E-state index contributed by atoms with van der Waals surface area (Å²) in [5, 5.41) is 50.2. The molecule has 0 saturated heterocycles. The van der Waals surface area contributed by atoms with E-state index in [9.17, 15) is 39.8 Å². The minimum atomic E-state index is -5.03. The van der Waals surface area contributed by atoms with Crippen LogP contribution in [0.4, 0.5) is 0 Å². The van der Waals surface area contributed by atoms with Gasteiger partial charge in [0, 0.05) is 13.0 Å². The van der Waals surface area contributed by atoms with E-state index >= 15 is 0 Å². The van der Waals surface area contributed by atoms with Gasteiger partial charge >= 0.3 is 13.8 Å². The molecule has 1 aliphatic carbocycles. The summed E-state index contributed by atoms with van der Waals surface area (Å²) in [6, 6.07) is 0. The molecule has 0 amide bonds. The van der Waals surface area contributed by atoms with Crippen LogP contribution in [0.25, 0.3) is 0 Å². The van der Waals surface area contributed by atoms with Crippen LogP contribution in [-0.2, 0) is 27.9 Å². The number of aliphatic hydroxyl groups is 5. The smallest absolute Gasteiger partial charge is 0.457 e. The number of hydrogen-bond donors (Lipinski definition) is 6. The van der Waals surface area contributed by atoms with Crippen molar-refractivity contribution < 1.29 is 58.3 Å². The van der Waals surface area contributed by atoms with Gasteiger partial charge in [-0.1, -0.05) is 144 Å². The molecule has 6 N–H and O–H groups in total. The quantitative estimate of drug-likeness (QED) is 0.0149. The average Bonchev–Trinajstić information content (AvgIpc) is 3.26. The highest BCUT2D eigenvalue weighted by atomic mass is 31.2. The van der Waals surface area contributed by atoms with Gasteiger partial charge in [0.2, 0.25) is 0 Å². The Labute approximate surface area is 373 Å². The van der Waals surface area contributed by atoms with Crippen LogP contribution in [0.2, 0.25) is 0 Å². The fourth-order valence-electron chi connectivity index (χ4n) is 6.53. The van der Waals surface area contributed by atoms with Gasteiger partial charge in [-0.2, -0.15) is 0 Å². The van der Waals surface area contributed by atoms with Gasteiger partial charge in [0.05, 0.1) is 13.2 Å². The van der Waals surface area contributed by atoms with E-state index in [0.29, 0.717) is 13.0 Å². The fourth-order valence-corrected chi connectivity index (χ4v) is 7.50. The monoisotopic (exact) mass is 895 g/mol. The van der Waals surface area contributed by atoms with E-state index in [1.807, 2.05) is 0 Å². The van der Waals surface area contributed by atoms with Crippen LogP contribution < -0.4 is 0 Å². The van der Waals surface area contributed by atoms with Crippen LogP contribution >= 0.6 is 7.82 Å². The summed E-state index contributed by atoms with van der Waals surface area (Å²) in [6.07, 6.45) is 39.4. The Kier molecular flexibility index (Phi) is 36.1. The number of ether oxygens (including phenoxy) is 2. The number of carbonyl (C=O) groups is 1. The van der Waals surface area contributed by atoms with E-state index < -0.39 is 63.1 Å². The third-order valence-electron chi connectivity index (χ3n) is 10.3. The molecule has 0 spiro atoms. The van der Waals surface area contributed by atoms with Crippen molar-refractivity contribution in [3.8, 4) is 0 Å². The summed E-state index contributed by atoms with van der Waals surface area (Å²) in [6.45, 7) is 4.02. The maximum absolute atomic E-state index is 12.8. The molecule has 1 saturated carbocycles. The topological polar surface area (TPSA) is 192 Å². The van der Waals surface area contributed by atoms with Crippen molar-refractivity contribution in [3.63, 3.8) is 0 Å². The van der Waals surface area contributed by atoms with E-state index in [-0.39, 0.29) is 13.0 Å². The number of carbonyl (C=O) groups excluding carboxylic acids is 1. The van der Waals surface area contributed by atoms with E-state index in [2.05, 4.69) is 98.9 Å². The van der Waals surface area contributed by atoms with Gasteiger partial charge in [-0.25, -0.2) is 4.57 Å². The van der Waals surface area contributed by atoms with E-state index in [1.165, 1.54) is 25.7 Å². The number of hydrogen-bond acceptors (Lipinski definition) is 11. The Morgan fingerprint density at radius 2 is 0.952 bits per heavy atom. The Morgan fingerprint density at radius 1 is 0.532 bits per heavy atom. The number of phosphoric acid groups is 1. The highest BCUT2D eigenvalue weighted by Crippen LogP contribution is 2.47. The zero-order valence-corrected chi connectivity index (χ0v) is 38.8. The van der Waals surface area contributed by atoms with E-state index in [1.54, 1.807) is 0 Å². The zero-order valence-electron chi connectivity index (χ0n) is 37.9. The molecular formula is C49H83O12P. The second kappa shape index (κ2) is 38.9. The lowest BCUT2D eigenvalue weighted by Crippen LogP contribution is -2.64. The molecule has 0 radical (unpaired) electrons. The summed E-state index contributed by atoms with van der Waals surface area (Å²) >= 11 is 0. The lowest BCUT2D eigenvalue weighted by molar-refractivity contribution is -0.220. The fraction of sp³-hybridized carbons (Fsp3) is 0.694. The average molecular weight is 895 g/mol. The summed E-state index contributed by atoms with van der Waals surface area (Å²) in [4.78, 5) is 23.1. The van der Waals surface area contributed by atoms with Crippen molar-refractivity contribution in [2.75, 3.05) is 19.8 Å². The van der Waals surface area contributed by atoms with Crippen molar-refractivity contribution >= 4 is 13.8 Å². The molecule has 1 aliphatic rings. The summed E-state index contributed by atoms with van der Waals surface area (Å²) in [7, 11) is -5.03. The van der Waals surface area contributed by atoms with Crippen LogP contribution in [0, 0.1) is 0 Å². The Morgan fingerprint density at radius 3 is 1.47 bits per heavy atom. The van der Waals surface area contributed by atoms with Crippen LogP contribution in [0.5, 0.6) is 0 Å². The maximum Gasteiger partial charge on any atom is 0.472 e. The largest absolute Gasteiger partial charge is 0.472 e. The van der Waals surface area contributed by atoms with E-state index in [4.69, 9.17) is 18.5 Å². The number of aliphatic hydroxyl groups excluding tert-OH is 5. The van der Waals surface area contributed by atoms with Crippen molar-refractivity contribution in [1.29, 1.82) is 0 Å². The van der Waals surface area contributed by atoms with Crippen molar-refractivity contribution in [2.45, 2.75) is 198 Å². The molecular weight excluding hydrogens is 812 g/mol. The first-order valence-corrected chi connectivity index (χ1v) is 24.9. The normalized spacial score (nSPS) is 22.8. The molecule has 0 aromatic carbocycles. The van der Waals surface area contributed by atoms with Crippen LogP contribution in [-0.4, -0.2) is 98.9 Å². The van der Waals surface area contributed by atoms with Gasteiger partial charge < -0.3 is 39.9 Å². The van der Waals surface area contributed by atoms with Crippen LogP contribution in [0.1, 0.15) is 155 Å². The van der Waals surface area contributed by atoms with Gasteiger partial charge in [0.15, 0.2) is 0 Å². The standard InChI is InChI=1S/C49H83O12P/c1-3-5-7-9-11-13-15-17-18-19-20-21-22-23-24-25-27-29-31-33-35-37-39-58-40-42(41-59-62(56,57)61-49-47(54)45(52)44(51)46(53)48(49)55)60-43(50)38-36-34-32-30-28-26-16-14-12-10-8-6-4-2/h5,7,11,13-14,16-18,20-21,23-24,27,29,42,44-49,51-55H,3-4,6,8-10,12,15,19,22,25-26,28,30-41H2,1-2H3,(H,56,57)/b7-5-,13-11-,16-14-,18-17-,21-20-,24-23-,29-27-. The van der Waals surface area contributed by atoms with Crippen molar-refractivity contribution in [3.05, 3.63) is 85.1 Å². The molecule has 12 nitrogen and oxygen atoms in total. The number of esters is 1. The van der Waals surface area contributed by atoms with Gasteiger partial charge in [-0.15, -0.1) is 0 Å². The number of allylic oxidation sites excluding steroid dienone is 14. The summed E-state index contributed by atoms with van der Waals surface area (Å²) < 4.78 is 34.1. The minimum Gasteiger partial charge on any atom is -0.457 e. The molecule has 6 unspecified atom stereocenters. The first kappa shape index (κ1) is 57.5. The molecule has 62 heavy (non-hydrogen) atoms. The Hall–Kier alpha value is -2.48. The highest BCUT2D eigenvalue weighted by molar-refractivity contribution is 7.47. The van der Waals surface area contributed by atoms with E-state index in [0.717, 1.165) is 103 Å². The molecule has 13 heteroatoms. The molecule has 0 aromatic heterocycles.